The first kappa shape index (κ1) is 13.3. The fourth-order valence-electron chi connectivity index (χ4n) is 2.00. The van der Waals surface area contributed by atoms with Gasteiger partial charge in [0.25, 0.3) is 0 Å². The van der Waals surface area contributed by atoms with Gasteiger partial charge >= 0.3 is 0 Å². The molecule has 0 aromatic heterocycles. The van der Waals surface area contributed by atoms with Crippen LogP contribution in [0.1, 0.15) is 5.56 Å². The second kappa shape index (κ2) is 6.18. The lowest BCUT2D eigenvalue weighted by Crippen LogP contribution is -2.46. The van der Waals surface area contributed by atoms with Gasteiger partial charge in [0.15, 0.2) is 0 Å². The number of nitrogens with one attached hydrogen (secondary N) is 2. The molecule has 0 spiro atoms. The molecule has 2 N–H and O–H groups in total. The third-order valence-corrected chi connectivity index (χ3v) is 3.44. The topological polar surface area (TPSA) is 44.4 Å². The maximum absolute atomic E-state index is 11.9. The summed E-state index contributed by atoms with van der Waals surface area (Å²) in [6, 6.07) is 5.51. The SMILES string of the molecule is Cc1cc(NC(=O)CN2CCNCC2)ccc1Cl. The van der Waals surface area contributed by atoms with Crippen molar-refractivity contribution in [2.75, 3.05) is 38.0 Å². The molecule has 0 aliphatic carbocycles. The lowest BCUT2D eigenvalue weighted by Gasteiger charge is -2.26. The first-order chi connectivity index (χ1) is 8.65. The van der Waals surface area contributed by atoms with Gasteiger partial charge in [-0.15, -0.1) is 0 Å². The first-order valence-electron chi connectivity index (χ1n) is 6.14. The number of benzene rings is 1. The molecule has 1 aromatic carbocycles. The number of nitrogens with zero attached hydrogens (tertiary/aromatic N) is 1. The standard InChI is InChI=1S/C13H18ClN3O/c1-10-8-11(2-3-12(10)14)16-13(18)9-17-6-4-15-5-7-17/h2-3,8,15H,4-7,9H2,1H3,(H,16,18). The van der Waals surface area contributed by atoms with Crippen LogP contribution in [0.25, 0.3) is 0 Å². The Morgan fingerprint density at radius 2 is 2.17 bits per heavy atom. The molecule has 4 nitrogen and oxygen atoms in total. The molecule has 1 aromatic rings. The highest BCUT2D eigenvalue weighted by molar-refractivity contribution is 6.31. The van der Waals surface area contributed by atoms with Crippen molar-refractivity contribution in [2.45, 2.75) is 6.92 Å². The smallest absolute Gasteiger partial charge is 0.238 e. The van der Waals surface area contributed by atoms with Gasteiger partial charge in [-0.3, -0.25) is 9.69 Å². The summed E-state index contributed by atoms with van der Waals surface area (Å²) >= 11 is 5.94. The number of amides is 1. The summed E-state index contributed by atoms with van der Waals surface area (Å²) in [6.45, 7) is 6.12. The van der Waals surface area contributed by atoms with E-state index in [0.29, 0.717) is 6.54 Å². The van der Waals surface area contributed by atoms with Gasteiger partial charge in [0, 0.05) is 36.9 Å². The van der Waals surface area contributed by atoms with Crippen LogP contribution in [0.3, 0.4) is 0 Å². The molecule has 0 atom stereocenters. The Balaban J connectivity index is 1.88. The molecule has 0 saturated carbocycles. The average Bonchev–Trinajstić information content (AvgIpc) is 2.35. The van der Waals surface area contributed by atoms with E-state index in [1.165, 1.54) is 0 Å². The van der Waals surface area contributed by atoms with Crippen molar-refractivity contribution < 1.29 is 4.79 Å². The van der Waals surface area contributed by atoms with E-state index in [1.54, 1.807) is 6.07 Å². The molecule has 1 amide bonds. The van der Waals surface area contributed by atoms with Crippen molar-refractivity contribution in [2.24, 2.45) is 0 Å². The predicted molar refractivity (Wildman–Crippen MR) is 74.1 cm³/mol. The van der Waals surface area contributed by atoms with Crippen molar-refractivity contribution in [3.05, 3.63) is 28.8 Å². The van der Waals surface area contributed by atoms with Crippen LogP contribution in [0.15, 0.2) is 18.2 Å². The molecule has 0 radical (unpaired) electrons. The Hall–Kier alpha value is -1.10. The zero-order valence-electron chi connectivity index (χ0n) is 10.5. The van der Waals surface area contributed by atoms with Crippen molar-refractivity contribution in [3.8, 4) is 0 Å². The Morgan fingerprint density at radius 3 is 2.83 bits per heavy atom. The molecule has 2 rings (SSSR count). The summed E-state index contributed by atoms with van der Waals surface area (Å²) in [5, 5.41) is 6.88. The lowest BCUT2D eigenvalue weighted by molar-refractivity contribution is -0.117. The lowest BCUT2D eigenvalue weighted by atomic mass is 10.2. The zero-order chi connectivity index (χ0) is 13.0. The van der Waals surface area contributed by atoms with Crippen molar-refractivity contribution in [1.82, 2.24) is 10.2 Å². The number of aryl methyl sites for hydroxylation is 1. The van der Waals surface area contributed by atoms with E-state index >= 15 is 0 Å². The van der Waals surface area contributed by atoms with E-state index in [9.17, 15) is 4.79 Å². The third kappa shape index (κ3) is 3.70. The maximum atomic E-state index is 11.9. The molecule has 18 heavy (non-hydrogen) atoms. The van der Waals surface area contributed by atoms with Crippen molar-refractivity contribution >= 4 is 23.2 Å². The number of halogens is 1. The minimum Gasteiger partial charge on any atom is -0.325 e. The number of hydrogen-bond acceptors (Lipinski definition) is 3. The Labute approximate surface area is 112 Å². The highest BCUT2D eigenvalue weighted by atomic mass is 35.5. The Kier molecular flexibility index (Phi) is 4.58. The van der Waals surface area contributed by atoms with E-state index in [0.717, 1.165) is 42.5 Å². The summed E-state index contributed by atoms with van der Waals surface area (Å²) in [5.74, 6) is 0.0265. The van der Waals surface area contributed by atoms with Crippen LogP contribution in [-0.4, -0.2) is 43.5 Å². The highest BCUT2D eigenvalue weighted by Crippen LogP contribution is 2.19. The van der Waals surface area contributed by atoms with E-state index in [1.807, 2.05) is 19.1 Å². The Bertz CT molecular complexity index is 430. The van der Waals surface area contributed by atoms with Gasteiger partial charge in [0.05, 0.1) is 6.54 Å². The summed E-state index contributed by atoms with van der Waals surface area (Å²) in [6.07, 6.45) is 0. The number of piperazine rings is 1. The molecular formula is C13H18ClN3O. The van der Waals surface area contributed by atoms with Gasteiger partial charge in [-0.1, -0.05) is 11.6 Å². The van der Waals surface area contributed by atoms with Crippen LogP contribution < -0.4 is 10.6 Å². The summed E-state index contributed by atoms with van der Waals surface area (Å²) in [5.41, 5.74) is 1.77. The van der Waals surface area contributed by atoms with Crippen LogP contribution in [0, 0.1) is 6.92 Å². The molecule has 0 unspecified atom stereocenters. The molecule has 98 valence electrons. The largest absolute Gasteiger partial charge is 0.325 e. The number of carbonyl (C=O) groups excluding carboxylic acids is 1. The van der Waals surface area contributed by atoms with Crippen LogP contribution in [-0.2, 0) is 4.79 Å². The summed E-state index contributed by atoms with van der Waals surface area (Å²) in [4.78, 5) is 14.0. The second-order valence-electron chi connectivity index (χ2n) is 4.54. The molecule has 0 bridgehead atoms. The molecular weight excluding hydrogens is 250 g/mol. The van der Waals surface area contributed by atoms with E-state index < -0.39 is 0 Å². The Morgan fingerprint density at radius 1 is 1.44 bits per heavy atom. The van der Waals surface area contributed by atoms with Crippen LogP contribution in [0.5, 0.6) is 0 Å². The van der Waals surface area contributed by atoms with Crippen LogP contribution in [0.4, 0.5) is 5.69 Å². The van der Waals surface area contributed by atoms with Crippen LogP contribution >= 0.6 is 11.6 Å². The fraction of sp³-hybridized carbons (Fsp3) is 0.462. The van der Waals surface area contributed by atoms with E-state index in [4.69, 9.17) is 11.6 Å². The number of carbonyl (C=O) groups is 1. The number of hydrogen-bond donors (Lipinski definition) is 2. The monoisotopic (exact) mass is 267 g/mol. The quantitative estimate of drug-likeness (QED) is 0.872. The van der Waals surface area contributed by atoms with E-state index in [2.05, 4.69) is 15.5 Å². The van der Waals surface area contributed by atoms with Gasteiger partial charge in [-0.05, 0) is 30.7 Å². The number of rotatable bonds is 3. The predicted octanol–water partition coefficient (Wildman–Crippen LogP) is 1.49. The zero-order valence-corrected chi connectivity index (χ0v) is 11.3. The van der Waals surface area contributed by atoms with E-state index in [-0.39, 0.29) is 5.91 Å². The minimum absolute atomic E-state index is 0.0265. The molecule has 1 aliphatic heterocycles. The molecule has 5 heteroatoms. The average molecular weight is 268 g/mol. The van der Waals surface area contributed by atoms with Gasteiger partial charge in [0.1, 0.15) is 0 Å². The number of anilines is 1. The first-order valence-corrected chi connectivity index (χ1v) is 6.52. The summed E-state index contributed by atoms with van der Waals surface area (Å²) < 4.78 is 0. The van der Waals surface area contributed by atoms with Crippen molar-refractivity contribution in [1.29, 1.82) is 0 Å². The van der Waals surface area contributed by atoms with Gasteiger partial charge in [0.2, 0.25) is 5.91 Å². The van der Waals surface area contributed by atoms with Crippen LogP contribution in [0.2, 0.25) is 5.02 Å². The summed E-state index contributed by atoms with van der Waals surface area (Å²) in [7, 11) is 0. The second-order valence-corrected chi connectivity index (χ2v) is 4.95. The fourth-order valence-corrected chi connectivity index (χ4v) is 2.11. The van der Waals surface area contributed by atoms with Crippen molar-refractivity contribution in [3.63, 3.8) is 0 Å². The van der Waals surface area contributed by atoms with Gasteiger partial charge in [-0.25, -0.2) is 0 Å². The van der Waals surface area contributed by atoms with Gasteiger partial charge < -0.3 is 10.6 Å². The maximum Gasteiger partial charge on any atom is 0.238 e. The van der Waals surface area contributed by atoms with Gasteiger partial charge in [-0.2, -0.15) is 0 Å². The molecule has 1 fully saturated rings. The normalized spacial score (nSPS) is 16.6. The third-order valence-electron chi connectivity index (χ3n) is 3.02. The molecule has 1 saturated heterocycles. The minimum atomic E-state index is 0.0265. The molecule has 1 aliphatic rings. The molecule has 1 heterocycles. The highest BCUT2D eigenvalue weighted by Gasteiger charge is 2.13.